The van der Waals surface area contributed by atoms with Gasteiger partial charge in [-0.1, -0.05) is 90.3 Å². The van der Waals surface area contributed by atoms with Crippen LogP contribution in [0.25, 0.3) is 0 Å². The van der Waals surface area contributed by atoms with Crippen LogP contribution in [-0.2, 0) is 9.53 Å². The van der Waals surface area contributed by atoms with E-state index in [0.29, 0.717) is 39.4 Å². The second-order valence-corrected chi connectivity index (χ2v) is 18.2. The first-order valence-electron chi connectivity index (χ1n) is 17.6. The van der Waals surface area contributed by atoms with E-state index < -0.39 is 0 Å². The summed E-state index contributed by atoms with van der Waals surface area (Å²) in [5.74, 6) is 2.06. The summed E-state index contributed by atoms with van der Waals surface area (Å²) in [4.78, 5) is 13.1. The molecule has 0 amide bonds. The lowest BCUT2D eigenvalue weighted by molar-refractivity contribution is -0.233. The molecule has 5 aliphatic carbocycles. The summed E-state index contributed by atoms with van der Waals surface area (Å²) in [7, 11) is 0. The maximum atomic E-state index is 13.1. The molecule has 0 radical (unpaired) electrons. The minimum Gasteiger partial charge on any atom is -0.462 e. The van der Waals surface area contributed by atoms with Gasteiger partial charge in [-0.3, -0.25) is 4.79 Å². The van der Waals surface area contributed by atoms with Gasteiger partial charge in [0.1, 0.15) is 6.10 Å². The Morgan fingerprint density at radius 3 is 2.19 bits per heavy atom. The highest BCUT2D eigenvalue weighted by Gasteiger charge is 2.69. The molecule has 0 aromatic heterocycles. The molecule has 0 aromatic carbocycles. The molecule has 4 saturated carbocycles. The fourth-order valence-electron chi connectivity index (χ4n) is 11.8. The average Bonchev–Trinajstić information content (AvgIpc) is 2.90. The zero-order chi connectivity index (χ0) is 30.9. The highest BCUT2D eigenvalue weighted by atomic mass is 16.5. The van der Waals surface area contributed by atoms with Crippen molar-refractivity contribution in [3.63, 3.8) is 0 Å². The van der Waals surface area contributed by atoms with E-state index in [1.807, 2.05) is 5.57 Å². The molecule has 5 rings (SSSR count). The molecule has 2 nitrogen and oxygen atoms in total. The maximum absolute atomic E-state index is 13.1. The zero-order valence-electron chi connectivity index (χ0n) is 29.3. The molecule has 0 bridgehead atoms. The quantitative estimate of drug-likeness (QED) is 0.240. The molecule has 42 heavy (non-hydrogen) atoms. The average molecular weight is 577 g/mol. The third-order valence-electron chi connectivity index (χ3n) is 14.9. The summed E-state index contributed by atoms with van der Waals surface area (Å²) >= 11 is 0. The summed E-state index contributed by atoms with van der Waals surface area (Å²) in [6, 6.07) is 0. The van der Waals surface area contributed by atoms with Crippen molar-refractivity contribution in [3.8, 4) is 0 Å². The van der Waals surface area contributed by atoms with E-state index >= 15 is 0 Å². The van der Waals surface area contributed by atoms with Crippen LogP contribution in [0.1, 0.15) is 153 Å². The zero-order valence-corrected chi connectivity index (χ0v) is 29.3. The molecule has 0 heterocycles. The minimum atomic E-state index is -0.0360. The van der Waals surface area contributed by atoms with Gasteiger partial charge in [0, 0.05) is 5.41 Å². The van der Waals surface area contributed by atoms with E-state index in [-0.39, 0.29) is 17.5 Å². The van der Waals surface area contributed by atoms with Crippen molar-refractivity contribution >= 4 is 5.97 Å². The van der Waals surface area contributed by atoms with Gasteiger partial charge in [-0.2, -0.15) is 0 Å². The molecule has 236 valence electrons. The normalized spacial score (nSPS) is 44.6. The Morgan fingerprint density at radius 2 is 1.50 bits per heavy atom. The number of fused-ring (bicyclic) bond motifs is 7. The van der Waals surface area contributed by atoms with Crippen molar-refractivity contribution in [1.82, 2.24) is 0 Å². The second kappa shape index (κ2) is 10.7. The van der Waals surface area contributed by atoms with Gasteiger partial charge in [0.2, 0.25) is 0 Å². The van der Waals surface area contributed by atoms with Gasteiger partial charge in [0.25, 0.3) is 0 Å². The maximum Gasteiger partial charge on any atom is 0.310 e. The molecule has 2 heteroatoms. The minimum absolute atomic E-state index is 0.00194. The van der Waals surface area contributed by atoms with Crippen molar-refractivity contribution in [2.75, 3.05) is 0 Å². The lowest BCUT2D eigenvalue weighted by atomic mass is 9.32. The van der Waals surface area contributed by atoms with Gasteiger partial charge in [-0.05, 0) is 136 Å². The standard InChI is InChI=1S/C40H64O2/c1-12-27(2)13-14-28(3)25-34(41)42-33-18-19-38(9)31(36(33,6)7)17-20-40(11)32(38)16-15-29-30-26-35(4,5)21-22-37(30,8)23-24-39(29,40)10/h12,14,26,29,31-33H,13,15-25H2,1-11H3/b27-12+,28-14+/t29-,31+,32-,33+,37-,38+,39-,40-/m1/s1. The molecule has 0 unspecified atom stereocenters. The molecule has 0 saturated heterocycles. The lowest BCUT2D eigenvalue weighted by Crippen LogP contribution is -2.66. The fraction of sp³-hybridized carbons (Fsp3) is 0.825. The van der Waals surface area contributed by atoms with E-state index in [2.05, 4.69) is 94.4 Å². The SMILES string of the molecule is C/C=C(\C)C/C=C(\C)CC(=O)O[C@H]1CC[C@]2(C)[C@H]3CC[C@@H]4C5=CC(C)(C)CC[C@]5(C)CC[C@@]4(C)[C@]3(C)CC[C@H]2C1(C)C. The Balaban J connectivity index is 1.36. The number of carbonyl (C=O) groups excluding carboxylic acids is 1. The molecular formula is C40H64O2. The van der Waals surface area contributed by atoms with Crippen LogP contribution in [0.15, 0.2) is 34.9 Å². The summed E-state index contributed by atoms with van der Waals surface area (Å²) in [5, 5.41) is 0. The first kappa shape index (κ1) is 32.1. The Morgan fingerprint density at radius 1 is 0.810 bits per heavy atom. The Hall–Kier alpha value is -1.31. The number of ether oxygens (including phenoxy) is 1. The number of hydrogen-bond acceptors (Lipinski definition) is 2. The van der Waals surface area contributed by atoms with Gasteiger partial charge >= 0.3 is 5.97 Å². The van der Waals surface area contributed by atoms with Crippen molar-refractivity contribution in [2.45, 2.75) is 159 Å². The van der Waals surface area contributed by atoms with Crippen molar-refractivity contribution in [1.29, 1.82) is 0 Å². The molecule has 5 aliphatic rings. The molecular weight excluding hydrogens is 512 g/mol. The molecule has 0 N–H and O–H groups in total. The lowest BCUT2D eigenvalue weighted by Gasteiger charge is -2.72. The van der Waals surface area contributed by atoms with Crippen LogP contribution in [0.2, 0.25) is 0 Å². The van der Waals surface area contributed by atoms with Crippen LogP contribution in [0, 0.1) is 50.2 Å². The molecule has 0 aromatic rings. The van der Waals surface area contributed by atoms with Gasteiger partial charge < -0.3 is 4.74 Å². The topological polar surface area (TPSA) is 26.3 Å². The van der Waals surface area contributed by atoms with E-state index in [4.69, 9.17) is 4.74 Å². The molecule has 4 fully saturated rings. The summed E-state index contributed by atoms with van der Waals surface area (Å²) in [6.07, 6.45) is 21.5. The summed E-state index contributed by atoms with van der Waals surface area (Å²) in [6.45, 7) is 26.8. The van der Waals surface area contributed by atoms with Gasteiger partial charge in [-0.25, -0.2) is 0 Å². The number of rotatable bonds is 5. The predicted octanol–water partition coefficient (Wildman–Crippen LogP) is 11.4. The third kappa shape index (κ3) is 5.01. The van der Waals surface area contributed by atoms with Crippen LogP contribution < -0.4 is 0 Å². The smallest absolute Gasteiger partial charge is 0.310 e. The van der Waals surface area contributed by atoms with E-state index in [1.165, 1.54) is 63.4 Å². The van der Waals surface area contributed by atoms with Crippen molar-refractivity contribution in [3.05, 3.63) is 34.9 Å². The monoisotopic (exact) mass is 576 g/mol. The van der Waals surface area contributed by atoms with E-state index in [1.54, 1.807) is 0 Å². The van der Waals surface area contributed by atoms with Crippen LogP contribution in [-0.4, -0.2) is 12.1 Å². The second-order valence-electron chi connectivity index (χ2n) is 18.2. The predicted molar refractivity (Wildman–Crippen MR) is 177 cm³/mol. The first-order valence-corrected chi connectivity index (χ1v) is 17.6. The van der Waals surface area contributed by atoms with Crippen LogP contribution in [0.4, 0.5) is 0 Å². The number of carbonyl (C=O) groups is 1. The summed E-state index contributed by atoms with van der Waals surface area (Å²) < 4.78 is 6.36. The van der Waals surface area contributed by atoms with E-state index in [0.717, 1.165) is 30.3 Å². The Bertz CT molecular complexity index is 1170. The third-order valence-corrected chi connectivity index (χ3v) is 14.9. The largest absolute Gasteiger partial charge is 0.462 e. The van der Waals surface area contributed by atoms with Crippen molar-refractivity contribution < 1.29 is 9.53 Å². The number of esters is 1. The number of allylic oxidation sites excluding steroid dienone is 5. The Labute approximate surface area is 259 Å². The molecule has 0 aliphatic heterocycles. The molecule has 0 spiro atoms. The summed E-state index contributed by atoms with van der Waals surface area (Å²) in [5.41, 5.74) is 6.14. The van der Waals surface area contributed by atoms with E-state index in [9.17, 15) is 4.79 Å². The van der Waals surface area contributed by atoms with Gasteiger partial charge in [0.15, 0.2) is 0 Å². The van der Waals surface area contributed by atoms with Gasteiger partial charge in [0.05, 0.1) is 6.42 Å². The highest BCUT2D eigenvalue weighted by molar-refractivity contribution is 5.72. The van der Waals surface area contributed by atoms with Crippen LogP contribution in [0.3, 0.4) is 0 Å². The number of hydrogen-bond donors (Lipinski definition) is 0. The highest BCUT2D eigenvalue weighted by Crippen LogP contribution is 2.76. The van der Waals surface area contributed by atoms with Crippen LogP contribution in [0.5, 0.6) is 0 Å². The Kier molecular flexibility index (Phi) is 8.14. The van der Waals surface area contributed by atoms with Crippen LogP contribution >= 0.6 is 0 Å². The first-order chi connectivity index (χ1) is 19.4. The van der Waals surface area contributed by atoms with Gasteiger partial charge in [-0.15, -0.1) is 0 Å². The fourth-order valence-corrected chi connectivity index (χ4v) is 11.8. The molecule has 8 atom stereocenters. The van der Waals surface area contributed by atoms with Crippen molar-refractivity contribution in [2.24, 2.45) is 50.2 Å².